The summed E-state index contributed by atoms with van der Waals surface area (Å²) in [4.78, 5) is 35.8. The average molecular weight is 620 g/mol. The number of rotatable bonds is 9. The molecule has 1 N–H and O–H groups in total. The van der Waals surface area contributed by atoms with Gasteiger partial charge in [0.15, 0.2) is 0 Å². The molecule has 1 aromatic heterocycles. The van der Waals surface area contributed by atoms with Gasteiger partial charge in [0.05, 0.1) is 22.6 Å². The summed E-state index contributed by atoms with van der Waals surface area (Å²) >= 11 is 6.68. The van der Waals surface area contributed by atoms with E-state index in [0.29, 0.717) is 46.4 Å². The van der Waals surface area contributed by atoms with E-state index < -0.39 is 17.2 Å². The van der Waals surface area contributed by atoms with Gasteiger partial charge >= 0.3 is 6.36 Å². The van der Waals surface area contributed by atoms with Crippen LogP contribution in [0.4, 0.5) is 30.4 Å². The van der Waals surface area contributed by atoms with Gasteiger partial charge in [-0.05, 0) is 62.0 Å². The van der Waals surface area contributed by atoms with Crippen LogP contribution in [0.25, 0.3) is 0 Å². The molecular weight excluding hydrogens is 583 g/mol. The Morgan fingerprint density at radius 2 is 1.77 bits per heavy atom. The number of ether oxygens (including phenoxy) is 1. The summed E-state index contributed by atoms with van der Waals surface area (Å²) in [6.07, 6.45) is 0.0134. The van der Waals surface area contributed by atoms with Crippen LogP contribution in [0.3, 0.4) is 0 Å². The Morgan fingerprint density at radius 3 is 2.37 bits per heavy atom. The molecule has 232 valence electrons. The first kappa shape index (κ1) is 31.3. The minimum Gasteiger partial charge on any atom is -0.406 e. The fourth-order valence-corrected chi connectivity index (χ4v) is 6.62. The van der Waals surface area contributed by atoms with Crippen LogP contribution in [-0.4, -0.2) is 66.0 Å². The first-order chi connectivity index (χ1) is 20.4. The molecule has 0 unspecified atom stereocenters. The number of aromatic nitrogens is 1. The van der Waals surface area contributed by atoms with E-state index in [4.69, 9.17) is 11.6 Å². The van der Waals surface area contributed by atoms with Crippen molar-refractivity contribution in [2.75, 3.05) is 42.9 Å². The lowest BCUT2D eigenvalue weighted by Crippen LogP contribution is -2.58. The van der Waals surface area contributed by atoms with Crippen LogP contribution >= 0.6 is 11.6 Å². The van der Waals surface area contributed by atoms with E-state index in [2.05, 4.69) is 36.7 Å². The van der Waals surface area contributed by atoms with E-state index in [0.717, 1.165) is 57.5 Å². The number of alkyl halides is 3. The number of anilines is 3. The number of nitrogens with zero attached hydrogens (tertiary/aromatic N) is 4. The van der Waals surface area contributed by atoms with Crippen molar-refractivity contribution in [1.82, 2.24) is 14.8 Å². The van der Waals surface area contributed by atoms with Crippen LogP contribution in [-0.2, 0) is 6.54 Å². The van der Waals surface area contributed by atoms with E-state index in [1.165, 1.54) is 12.1 Å². The molecule has 12 heteroatoms. The zero-order valence-electron chi connectivity index (χ0n) is 24.6. The number of pyridine rings is 1. The highest BCUT2D eigenvalue weighted by atomic mass is 35.5. The van der Waals surface area contributed by atoms with Gasteiger partial charge in [-0.2, -0.15) is 0 Å². The maximum atomic E-state index is 12.4. The molecule has 3 aromatic rings. The third-order valence-electron chi connectivity index (χ3n) is 8.50. The second kappa shape index (κ2) is 12.8. The molecule has 2 aliphatic rings. The number of piperidine rings is 1. The molecule has 2 aromatic carbocycles. The van der Waals surface area contributed by atoms with Gasteiger partial charge in [0.2, 0.25) is 10.9 Å². The van der Waals surface area contributed by atoms with E-state index in [9.17, 15) is 22.8 Å². The Hall–Kier alpha value is -3.15. The molecule has 0 radical (unpaired) electrons. The highest BCUT2D eigenvalue weighted by molar-refractivity contribution is 6.33. The molecule has 0 spiro atoms. The topological polar surface area (TPSA) is 78.0 Å². The monoisotopic (exact) mass is 619 g/mol. The van der Waals surface area contributed by atoms with Crippen LogP contribution in [0.1, 0.15) is 57.1 Å². The van der Waals surface area contributed by atoms with Crippen LogP contribution in [0.2, 0.25) is 5.02 Å². The summed E-state index contributed by atoms with van der Waals surface area (Å²) in [7, 11) is 0. The second-order valence-corrected chi connectivity index (χ2v) is 12.1. The Labute approximate surface area is 254 Å². The van der Waals surface area contributed by atoms with Crippen molar-refractivity contribution in [3.63, 3.8) is 0 Å². The van der Waals surface area contributed by atoms with Gasteiger partial charge in [-0.15, -0.1) is 13.2 Å². The molecule has 5 rings (SSSR count). The Kier molecular flexibility index (Phi) is 9.34. The van der Waals surface area contributed by atoms with Gasteiger partial charge in [-0.3, -0.25) is 19.4 Å². The second-order valence-electron chi connectivity index (χ2n) is 11.7. The molecule has 2 fully saturated rings. The lowest BCUT2D eigenvalue weighted by atomic mass is 9.96. The van der Waals surface area contributed by atoms with Crippen molar-refractivity contribution in [2.24, 2.45) is 0 Å². The third kappa shape index (κ3) is 7.16. The van der Waals surface area contributed by atoms with Crippen molar-refractivity contribution in [1.29, 1.82) is 0 Å². The van der Waals surface area contributed by atoms with Crippen LogP contribution in [0.5, 0.6) is 5.75 Å². The van der Waals surface area contributed by atoms with Crippen molar-refractivity contribution in [2.45, 2.75) is 70.9 Å². The number of hydrogen-bond acceptors (Lipinski definition) is 8. The number of piperazine rings is 1. The maximum Gasteiger partial charge on any atom is 0.573 e. The van der Waals surface area contributed by atoms with Gasteiger partial charge in [0.25, 0.3) is 0 Å². The van der Waals surface area contributed by atoms with Crippen molar-refractivity contribution in [3.8, 4) is 5.75 Å². The normalized spacial score (nSPS) is 19.3. The summed E-state index contributed by atoms with van der Waals surface area (Å²) in [5.41, 5.74) is 1.42. The van der Waals surface area contributed by atoms with Crippen LogP contribution in [0.15, 0.2) is 46.1 Å². The molecule has 0 amide bonds. The molecule has 2 saturated heterocycles. The molecule has 0 saturated carbocycles. The van der Waals surface area contributed by atoms with Crippen LogP contribution in [0, 0.1) is 0 Å². The van der Waals surface area contributed by atoms with Gasteiger partial charge in [0.1, 0.15) is 11.6 Å². The van der Waals surface area contributed by atoms with Crippen molar-refractivity contribution in [3.05, 3.63) is 73.1 Å². The molecule has 1 atom stereocenters. The molecule has 0 aliphatic carbocycles. The minimum absolute atomic E-state index is 0.0487. The predicted octanol–water partition coefficient (Wildman–Crippen LogP) is 5.66. The SMILES string of the molecule is CC[C@H]1CN(c2ncc(Nc3c(C(C)C)c(=O)c3=O)cc2Cl)CCN1C1CCN(Cc2ccc(OC(F)(F)F)cc2)CC1. The van der Waals surface area contributed by atoms with E-state index >= 15 is 0 Å². The standard InChI is InChI=1S/C31H37ClF3N5O3/c1-4-22-18-39(30-25(32)15-21(16-36-30)37-27-26(19(2)3)28(41)29(27)42)13-14-40(22)23-9-11-38(12-10-23)17-20-5-7-24(8-6-20)43-31(33,34)35/h5-8,15-16,19,22-23,37H,4,9-14,17-18H2,1-3H3/t22-/m0/s1. The summed E-state index contributed by atoms with van der Waals surface area (Å²) in [5, 5.41) is 3.54. The van der Waals surface area contributed by atoms with Gasteiger partial charge < -0.3 is 15.0 Å². The summed E-state index contributed by atoms with van der Waals surface area (Å²) in [6, 6.07) is 8.68. The lowest BCUT2D eigenvalue weighted by Gasteiger charge is -2.47. The molecule has 3 heterocycles. The molecule has 8 nitrogen and oxygen atoms in total. The first-order valence-corrected chi connectivity index (χ1v) is 15.1. The predicted molar refractivity (Wildman–Crippen MR) is 162 cm³/mol. The quantitative estimate of drug-likeness (QED) is 0.308. The number of benzene rings is 1. The van der Waals surface area contributed by atoms with Crippen LogP contribution < -0.4 is 25.8 Å². The minimum atomic E-state index is -4.69. The first-order valence-electron chi connectivity index (χ1n) is 14.8. The zero-order valence-corrected chi connectivity index (χ0v) is 25.3. The zero-order chi connectivity index (χ0) is 30.9. The number of hydrogen-bond donors (Lipinski definition) is 1. The number of halogens is 4. The molecule has 2 aliphatic heterocycles. The van der Waals surface area contributed by atoms with Crippen molar-refractivity contribution >= 4 is 28.8 Å². The fourth-order valence-electron chi connectivity index (χ4n) is 6.33. The van der Waals surface area contributed by atoms with Crippen molar-refractivity contribution < 1.29 is 17.9 Å². The summed E-state index contributed by atoms with van der Waals surface area (Å²) in [6.45, 7) is 11.0. The molecule has 0 bridgehead atoms. The van der Waals surface area contributed by atoms with Gasteiger partial charge in [-0.25, -0.2) is 4.98 Å². The Balaban J connectivity index is 1.14. The molecule has 43 heavy (non-hydrogen) atoms. The van der Waals surface area contributed by atoms with E-state index in [1.54, 1.807) is 24.4 Å². The van der Waals surface area contributed by atoms with Gasteiger partial charge in [0, 0.05) is 43.8 Å². The summed E-state index contributed by atoms with van der Waals surface area (Å²) < 4.78 is 41.3. The largest absolute Gasteiger partial charge is 0.573 e. The number of nitrogens with one attached hydrogen (secondary N) is 1. The highest BCUT2D eigenvalue weighted by Gasteiger charge is 2.34. The van der Waals surface area contributed by atoms with Gasteiger partial charge in [-0.1, -0.05) is 44.5 Å². The number of likely N-dealkylation sites (tertiary alicyclic amines) is 1. The average Bonchev–Trinajstić information content (AvgIpc) is 2.97. The third-order valence-corrected chi connectivity index (χ3v) is 8.78. The van der Waals surface area contributed by atoms with E-state index in [-0.39, 0.29) is 11.7 Å². The smallest absolute Gasteiger partial charge is 0.406 e. The molecular formula is C31H37ClF3N5O3. The summed E-state index contributed by atoms with van der Waals surface area (Å²) in [5.74, 6) is 0.456. The lowest BCUT2D eigenvalue weighted by molar-refractivity contribution is -0.274. The highest BCUT2D eigenvalue weighted by Crippen LogP contribution is 2.32. The maximum absolute atomic E-state index is 12.4. The Morgan fingerprint density at radius 1 is 1.07 bits per heavy atom. The fraction of sp³-hybridized carbons (Fsp3) is 0.516. The van der Waals surface area contributed by atoms with E-state index in [1.807, 2.05) is 13.8 Å². The Bertz CT molecular complexity index is 1480.